The van der Waals surface area contributed by atoms with E-state index in [-0.39, 0.29) is 5.76 Å². The van der Waals surface area contributed by atoms with Crippen LogP contribution in [0.5, 0.6) is 0 Å². The third-order valence-electron chi connectivity index (χ3n) is 2.25. The molecule has 2 heterocycles. The Balaban J connectivity index is 1.98. The number of nitrogens with one attached hydrogen (secondary N) is 1. The summed E-state index contributed by atoms with van der Waals surface area (Å²) in [6, 6.07) is 4.08. The summed E-state index contributed by atoms with van der Waals surface area (Å²) in [5.41, 5.74) is 2.62. The van der Waals surface area contributed by atoms with Crippen LogP contribution in [0.3, 0.4) is 0 Å². The summed E-state index contributed by atoms with van der Waals surface area (Å²) in [5, 5.41) is 14.0. The highest BCUT2D eigenvalue weighted by Crippen LogP contribution is 2.13. The van der Waals surface area contributed by atoms with Gasteiger partial charge in [-0.2, -0.15) is 5.10 Å². The number of hydrogen-bond donors (Lipinski definition) is 1. The van der Waals surface area contributed by atoms with E-state index in [9.17, 15) is 14.9 Å². The van der Waals surface area contributed by atoms with Gasteiger partial charge in [0.15, 0.2) is 5.76 Å². The van der Waals surface area contributed by atoms with Crippen molar-refractivity contribution in [3.8, 4) is 0 Å². The van der Waals surface area contributed by atoms with Gasteiger partial charge in [0.25, 0.3) is 5.91 Å². The fourth-order valence-electron chi connectivity index (χ4n) is 1.34. The van der Waals surface area contributed by atoms with E-state index >= 15 is 0 Å². The second-order valence-corrected chi connectivity index (χ2v) is 3.52. The van der Waals surface area contributed by atoms with E-state index in [1.54, 1.807) is 6.92 Å². The Bertz CT molecular complexity index is 640. The topological polar surface area (TPSA) is 111 Å². The summed E-state index contributed by atoms with van der Waals surface area (Å²) in [6.07, 6.45) is 2.56. The van der Waals surface area contributed by atoms with Crippen LogP contribution in [0.1, 0.15) is 21.9 Å². The van der Waals surface area contributed by atoms with Crippen LogP contribution in [0, 0.1) is 17.0 Å². The van der Waals surface area contributed by atoms with Gasteiger partial charge in [0.2, 0.25) is 0 Å². The van der Waals surface area contributed by atoms with Gasteiger partial charge < -0.3 is 8.83 Å². The summed E-state index contributed by atoms with van der Waals surface area (Å²) in [7, 11) is 0. The maximum atomic E-state index is 11.6. The van der Waals surface area contributed by atoms with Gasteiger partial charge in [0.1, 0.15) is 10.7 Å². The molecule has 0 saturated heterocycles. The number of amides is 1. The predicted molar refractivity (Wildman–Crippen MR) is 63.9 cm³/mol. The van der Waals surface area contributed by atoms with E-state index in [2.05, 4.69) is 10.5 Å². The van der Waals surface area contributed by atoms with Crippen molar-refractivity contribution in [2.75, 3.05) is 0 Å². The zero-order valence-electron chi connectivity index (χ0n) is 9.82. The SMILES string of the molecule is Cc1occc1C(=O)NN=Cc1ccc([N+](=O)[O-])o1. The third kappa shape index (κ3) is 2.86. The van der Waals surface area contributed by atoms with Crippen molar-refractivity contribution in [3.63, 3.8) is 0 Å². The van der Waals surface area contributed by atoms with Gasteiger partial charge in [-0.25, -0.2) is 5.43 Å². The van der Waals surface area contributed by atoms with Crippen molar-refractivity contribution in [1.29, 1.82) is 0 Å². The monoisotopic (exact) mass is 263 g/mol. The number of furan rings is 2. The maximum Gasteiger partial charge on any atom is 0.433 e. The molecule has 8 nitrogen and oxygen atoms in total. The Morgan fingerprint density at radius 2 is 2.26 bits per heavy atom. The van der Waals surface area contributed by atoms with Gasteiger partial charge in [0.05, 0.1) is 24.1 Å². The van der Waals surface area contributed by atoms with Gasteiger partial charge in [-0.3, -0.25) is 14.9 Å². The molecule has 1 N–H and O–H groups in total. The van der Waals surface area contributed by atoms with E-state index in [1.165, 1.54) is 30.7 Å². The fraction of sp³-hybridized carbons (Fsp3) is 0.0909. The molecule has 0 unspecified atom stereocenters. The molecule has 2 aromatic heterocycles. The lowest BCUT2D eigenvalue weighted by molar-refractivity contribution is -0.402. The molecule has 0 aromatic carbocycles. The van der Waals surface area contributed by atoms with Crippen molar-refractivity contribution in [2.24, 2.45) is 5.10 Å². The first kappa shape index (κ1) is 12.6. The fourth-order valence-corrected chi connectivity index (χ4v) is 1.34. The van der Waals surface area contributed by atoms with E-state index in [1.807, 2.05) is 0 Å². The van der Waals surface area contributed by atoms with Gasteiger partial charge in [-0.1, -0.05) is 0 Å². The summed E-state index contributed by atoms with van der Waals surface area (Å²) in [4.78, 5) is 21.3. The zero-order chi connectivity index (χ0) is 13.8. The highest BCUT2D eigenvalue weighted by Gasteiger charge is 2.11. The van der Waals surface area contributed by atoms with Crippen LogP contribution in [0.15, 0.2) is 38.4 Å². The molecular formula is C11H9N3O5. The Labute approximate surface area is 106 Å². The van der Waals surface area contributed by atoms with Gasteiger partial charge in [0, 0.05) is 0 Å². The number of aryl methyl sites for hydroxylation is 1. The van der Waals surface area contributed by atoms with Crippen LogP contribution >= 0.6 is 0 Å². The molecular weight excluding hydrogens is 254 g/mol. The number of nitro groups is 1. The minimum absolute atomic E-state index is 0.163. The molecule has 1 amide bonds. The van der Waals surface area contributed by atoms with Crippen LogP contribution < -0.4 is 5.43 Å². The molecule has 0 spiro atoms. The minimum atomic E-state index is -0.662. The number of nitrogens with zero attached hydrogens (tertiary/aromatic N) is 2. The second-order valence-electron chi connectivity index (χ2n) is 3.52. The highest BCUT2D eigenvalue weighted by molar-refractivity contribution is 5.95. The number of carbonyl (C=O) groups excluding carboxylic acids is 1. The van der Waals surface area contributed by atoms with Crippen LogP contribution in [0.4, 0.5) is 5.88 Å². The minimum Gasteiger partial charge on any atom is -0.469 e. The quantitative estimate of drug-likeness (QED) is 0.514. The number of hydrazone groups is 1. The van der Waals surface area contributed by atoms with Crippen molar-refractivity contribution in [3.05, 3.63) is 51.7 Å². The zero-order valence-corrected chi connectivity index (χ0v) is 9.82. The molecule has 0 aliphatic heterocycles. The molecule has 2 aromatic rings. The van der Waals surface area contributed by atoms with Gasteiger partial charge in [-0.05, 0) is 19.1 Å². The first-order valence-corrected chi connectivity index (χ1v) is 5.19. The first-order chi connectivity index (χ1) is 9.08. The summed E-state index contributed by atoms with van der Waals surface area (Å²) >= 11 is 0. The first-order valence-electron chi connectivity index (χ1n) is 5.19. The number of rotatable bonds is 4. The van der Waals surface area contributed by atoms with Gasteiger partial charge in [-0.15, -0.1) is 0 Å². The van der Waals surface area contributed by atoms with Crippen LogP contribution in [-0.2, 0) is 0 Å². The average molecular weight is 263 g/mol. The molecule has 0 aliphatic rings. The van der Waals surface area contributed by atoms with Crippen molar-refractivity contribution in [2.45, 2.75) is 6.92 Å². The number of hydrogen-bond acceptors (Lipinski definition) is 6. The third-order valence-corrected chi connectivity index (χ3v) is 2.25. The largest absolute Gasteiger partial charge is 0.469 e. The Morgan fingerprint density at radius 3 is 2.84 bits per heavy atom. The molecule has 0 radical (unpaired) electrons. The van der Waals surface area contributed by atoms with Crippen molar-refractivity contribution < 1.29 is 18.6 Å². The predicted octanol–water partition coefficient (Wildman–Crippen LogP) is 1.85. The summed E-state index contributed by atoms with van der Waals surface area (Å²) < 4.78 is 9.80. The van der Waals surface area contributed by atoms with E-state index in [4.69, 9.17) is 8.83 Å². The van der Waals surface area contributed by atoms with Crippen molar-refractivity contribution >= 4 is 18.0 Å². The molecule has 0 bridgehead atoms. The lowest BCUT2D eigenvalue weighted by atomic mass is 10.2. The summed E-state index contributed by atoms with van der Waals surface area (Å²) in [5.74, 6) is -0.195. The molecule has 0 fully saturated rings. The van der Waals surface area contributed by atoms with E-state index < -0.39 is 16.7 Å². The van der Waals surface area contributed by atoms with Crippen molar-refractivity contribution in [1.82, 2.24) is 5.43 Å². The number of carbonyl (C=O) groups is 1. The molecule has 19 heavy (non-hydrogen) atoms. The van der Waals surface area contributed by atoms with Crippen LogP contribution in [-0.4, -0.2) is 17.0 Å². The van der Waals surface area contributed by atoms with Crippen LogP contribution in [0.2, 0.25) is 0 Å². The maximum absolute atomic E-state index is 11.6. The van der Waals surface area contributed by atoms with E-state index in [0.29, 0.717) is 11.3 Å². The molecule has 98 valence electrons. The molecule has 0 atom stereocenters. The smallest absolute Gasteiger partial charge is 0.433 e. The average Bonchev–Trinajstić information content (AvgIpc) is 2.97. The highest BCUT2D eigenvalue weighted by atomic mass is 16.6. The molecule has 2 rings (SSSR count). The van der Waals surface area contributed by atoms with Crippen LogP contribution in [0.25, 0.3) is 0 Å². The van der Waals surface area contributed by atoms with E-state index in [0.717, 1.165) is 0 Å². The normalized spacial score (nSPS) is 10.8. The molecule has 0 aliphatic carbocycles. The second kappa shape index (κ2) is 5.17. The standard InChI is InChI=1S/C11H9N3O5/c1-7-9(4-5-18-7)11(15)13-12-6-8-2-3-10(19-8)14(16)17/h2-6H,1H3,(H,13,15). The Hall–Kier alpha value is -2.90. The lowest BCUT2D eigenvalue weighted by Crippen LogP contribution is -2.17. The Morgan fingerprint density at radius 1 is 1.47 bits per heavy atom. The lowest BCUT2D eigenvalue weighted by Gasteiger charge is -1.96. The van der Waals surface area contributed by atoms with Gasteiger partial charge >= 0.3 is 5.88 Å². The molecule has 0 saturated carbocycles. The Kier molecular flexibility index (Phi) is 3.42. The molecule has 8 heteroatoms. The summed E-state index contributed by atoms with van der Waals surface area (Å²) in [6.45, 7) is 1.65.